The monoisotopic (exact) mass is 428 g/mol. The Balaban J connectivity index is 1.56. The molecule has 0 radical (unpaired) electrons. The average Bonchev–Trinajstić information content (AvgIpc) is 3.06. The van der Waals surface area contributed by atoms with Crippen LogP contribution in [-0.2, 0) is 11.2 Å². The highest BCUT2D eigenvalue weighted by Crippen LogP contribution is 2.31. The Kier molecular flexibility index (Phi) is 6.84. The quantitative estimate of drug-likeness (QED) is 0.582. The lowest BCUT2D eigenvalue weighted by atomic mass is 10.0. The molecule has 0 N–H and O–H groups in total. The fourth-order valence-corrected chi connectivity index (χ4v) is 4.46. The van der Waals surface area contributed by atoms with E-state index in [2.05, 4.69) is 37.8 Å². The summed E-state index contributed by atoms with van der Waals surface area (Å²) in [5.41, 5.74) is 4.33. The van der Waals surface area contributed by atoms with E-state index in [1.165, 1.54) is 5.56 Å². The van der Waals surface area contributed by atoms with Crippen LogP contribution in [0.5, 0.6) is 0 Å². The fourth-order valence-electron chi connectivity index (χ4n) is 4.46. The molecular weight excluding hydrogens is 396 g/mol. The maximum atomic E-state index is 12.9. The predicted octanol–water partition coefficient (Wildman–Crippen LogP) is 4.86. The molecule has 0 saturated carbocycles. The third-order valence-corrected chi connectivity index (χ3v) is 6.07. The Bertz CT molecular complexity index is 1050. The maximum absolute atomic E-state index is 12.9. The number of aryl methyl sites for hydroxylation is 1. The molecule has 0 spiro atoms. The fraction of sp³-hybridized carbons (Fsp3) is 0.370. The van der Waals surface area contributed by atoms with Gasteiger partial charge in [0.05, 0.1) is 6.42 Å². The zero-order valence-corrected chi connectivity index (χ0v) is 19.3. The molecule has 4 rings (SSSR count). The molecule has 1 amide bonds. The van der Waals surface area contributed by atoms with Crippen molar-refractivity contribution >= 4 is 11.7 Å². The summed E-state index contributed by atoms with van der Waals surface area (Å²) < 4.78 is 0. The number of carbonyl (C=O) groups excluding carboxylic acids is 1. The van der Waals surface area contributed by atoms with Crippen molar-refractivity contribution in [2.45, 2.75) is 39.5 Å². The number of nitrogens with zero attached hydrogens (tertiary/aromatic N) is 4. The van der Waals surface area contributed by atoms with Crippen LogP contribution in [0, 0.1) is 6.92 Å². The Morgan fingerprint density at radius 3 is 2.28 bits per heavy atom. The second-order valence-corrected chi connectivity index (χ2v) is 8.77. The van der Waals surface area contributed by atoms with Crippen LogP contribution < -0.4 is 4.90 Å². The predicted molar refractivity (Wildman–Crippen MR) is 130 cm³/mol. The highest BCUT2D eigenvalue weighted by Gasteiger charge is 2.24. The van der Waals surface area contributed by atoms with Crippen molar-refractivity contribution in [2.24, 2.45) is 0 Å². The molecule has 166 valence electrons. The molecule has 3 aromatic rings. The molecule has 1 aromatic heterocycles. The Labute approximate surface area is 191 Å². The minimum Gasteiger partial charge on any atom is -0.354 e. The molecule has 2 aromatic carbocycles. The number of hydrogen-bond donors (Lipinski definition) is 0. The smallest absolute Gasteiger partial charge is 0.227 e. The van der Waals surface area contributed by atoms with Gasteiger partial charge in [0.15, 0.2) is 5.82 Å². The van der Waals surface area contributed by atoms with E-state index in [-0.39, 0.29) is 5.91 Å². The SMILES string of the molecule is Cc1nc(-c2ccccc2)nc(N2CCCN(C(=O)Cc3ccccc3)CC2)c1C(C)C. The lowest BCUT2D eigenvalue weighted by Crippen LogP contribution is -2.36. The van der Waals surface area contributed by atoms with E-state index in [1.54, 1.807) is 0 Å². The van der Waals surface area contributed by atoms with Gasteiger partial charge in [0.2, 0.25) is 5.91 Å². The van der Waals surface area contributed by atoms with Crippen LogP contribution in [0.1, 0.15) is 43.0 Å². The molecule has 1 saturated heterocycles. The number of anilines is 1. The Hall–Kier alpha value is -3.21. The second kappa shape index (κ2) is 9.94. The first-order chi connectivity index (χ1) is 15.5. The van der Waals surface area contributed by atoms with E-state index in [4.69, 9.17) is 9.97 Å². The first kappa shape index (κ1) is 22.0. The topological polar surface area (TPSA) is 49.3 Å². The van der Waals surface area contributed by atoms with E-state index < -0.39 is 0 Å². The van der Waals surface area contributed by atoms with Crippen molar-refractivity contribution in [3.8, 4) is 11.4 Å². The third-order valence-electron chi connectivity index (χ3n) is 6.07. The zero-order valence-electron chi connectivity index (χ0n) is 19.3. The van der Waals surface area contributed by atoms with Gasteiger partial charge in [-0.25, -0.2) is 9.97 Å². The molecule has 1 aliphatic heterocycles. The zero-order chi connectivity index (χ0) is 22.5. The van der Waals surface area contributed by atoms with Gasteiger partial charge < -0.3 is 9.80 Å². The molecule has 0 aliphatic carbocycles. The Morgan fingerprint density at radius 1 is 0.906 bits per heavy atom. The lowest BCUT2D eigenvalue weighted by molar-refractivity contribution is -0.130. The van der Waals surface area contributed by atoms with Gasteiger partial charge in [-0.2, -0.15) is 0 Å². The second-order valence-electron chi connectivity index (χ2n) is 8.77. The van der Waals surface area contributed by atoms with E-state index in [0.717, 1.165) is 54.5 Å². The molecule has 0 atom stereocenters. The normalized spacial score (nSPS) is 14.5. The van der Waals surface area contributed by atoms with Gasteiger partial charge in [0.25, 0.3) is 0 Å². The van der Waals surface area contributed by atoms with Crippen LogP contribution in [0.25, 0.3) is 11.4 Å². The molecule has 0 bridgehead atoms. The van der Waals surface area contributed by atoms with E-state index >= 15 is 0 Å². The standard InChI is InChI=1S/C27H32N4O/c1-20(2)25-21(3)28-26(23-13-8-5-9-14-23)29-27(25)31-16-10-15-30(17-18-31)24(32)19-22-11-6-4-7-12-22/h4-9,11-14,20H,10,15-19H2,1-3H3. The van der Waals surface area contributed by atoms with Crippen molar-refractivity contribution in [1.82, 2.24) is 14.9 Å². The molecule has 1 aliphatic rings. The van der Waals surface area contributed by atoms with Gasteiger partial charge in [-0.15, -0.1) is 0 Å². The highest BCUT2D eigenvalue weighted by molar-refractivity contribution is 5.79. The summed E-state index contributed by atoms with van der Waals surface area (Å²) in [5.74, 6) is 2.31. The van der Waals surface area contributed by atoms with Crippen molar-refractivity contribution in [3.05, 3.63) is 77.5 Å². The lowest BCUT2D eigenvalue weighted by Gasteiger charge is -2.27. The minimum absolute atomic E-state index is 0.200. The van der Waals surface area contributed by atoms with Crippen LogP contribution in [0.3, 0.4) is 0 Å². The highest BCUT2D eigenvalue weighted by atomic mass is 16.2. The van der Waals surface area contributed by atoms with Gasteiger partial charge in [-0.1, -0.05) is 74.5 Å². The van der Waals surface area contributed by atoms with E-state index in [1.807, 2.05) is 53.4 Å². The largest absolute Gasteiger partial charge is 0.354 e. The molecule has 5 heteroatoms. The van der Waals surface area contributed by atoms with Crippen LogP contribution in [0.2, 0.25) is 0 Å². The molecule has 32 heavy (non-hydrogen) atoms. The first-order valence-electron chi connectivity index (χ1n) is 11.5. The number of carbonyl (C=O) groups is 1. The first-order valence-corrected chi connectivity index (χ1v) is 11.5. The molecule has 0 unspecified atom stereocenters. The van der Waals surface area contributed by atoms with Gasteiger partial charge in [0, 0.05) is 43.0 Å². The van der Waals surface area contributed by atoms with Crippen molar-refractivity contribution in [2.75, 3.05) is 31.1 Å². The number of aromatic nitrogens is 2. The molecule has 2 heterocycles. The summed E-state index contributed by atoms with van der Waals surface area (Å²) in [6, 6.07) is 20.2. The summed E-state index contributed by atoms with van der Waals surface area (Å²) >= 11 is 0. The number of amides is 1. The molecule has 1 fully saturated rings. The van der Waals surface area contributed by atoms with Gasteiger partial charge >= 0.3 is 0 Å². The van der Waals surface area contributed by atoms with Crippen LogP contribution in [0.15, 0.2) is 60.7 Å². The third kappa shape index (κ3) is 4.98. The number of benzene rings is 2. The van der Waals surface area contributed by atoms with Gasteiger partial charge in [-0.3, -0.25) is 4.79 Å². The van der Waals surface area contributed by atoms with Crippen LogP contribution in [-0.4, -0.2) is 47.0 Å². The molecular formula is C27H32N4O. The van der Waals surface area contributed by atoms with Crippen molar-refractivity contribution in [1.29, 1.82) is 0 Å². The Morgan fingerprint density at radius 2 is 1.59 bits per heavy atom. The summed E-state index contributed by atoms with van der Waals surface area (Å²) in [6.45, 7) is 9.66. The summed E-state index contributed by atoms with van der Waals surface area (Å²) in [7, 11) is 0. The summed E-state index contributed by atoms with van der Waals surface area (Å²) in [4.78, 5) is 27.1. The minimum atomic E-state index is 0.200. The summed E-state index contributed by atoms with van der Waals surface area (Å²) in [5, 5.41) is 0. The van der Waals surface area contributed by atoms with E-state index in [9.17, 15) is 4.79 Å². The van der Waals surface area contributed by atoms with Crippen LogP contribution >= 0.6 is 0 Å². The average molecular weight is 429 g/mol. The van der Waals surface area contributed by atoms with Gasteiger partial charge in [0.1, 0.15) is 5.82 Å². The number of hydrogen-bond acceptors (Lipinski definition) is 4. The number of rotatable bonds is 5. The van der Waals surface area contributed by atoms with Crippen molar-refractivity contribution < 1.29 is 4.79 Å². The van der Waals surface area contributed by atoms with E-state index in [0.29, 0.717) is 18.9 Å². The van der Waals surface area contributed by atoms with Crippen molar-refractivity contribution in [3.63, 3.8) is 0 Å². The maximum Gasteiger partial charge on any atom is 0.227 e. The van der Waals surface area contributed by atoms with Gasteiger partial charge in [-0.05, 0) is 24.8 Å². The summed E-state index contributed by atoms with van der Waals surface area (Å²) in [6.07, 6.45) is 1.39. The molecule has 5 nitrogen and oxygen atoms in total. The van der Waals surface area contributed by atoms with Crippen LogP contribution in [0.4, 0.5) is 5.82 Å².